The molecule has 0 saturated carbocycles. The standard InChI is InChI=1S/C14H32P2/c1-7-9-15(13(3)4)11-12-16(10-8-2)14(5)6/h13-14H,7-12H2,1-6H3. The summed E-state index contributed by atoms with van der Waals surface area (Å²) in [6, 6.07) is 0. The average Bonchev–Trinajstić information content (AvgIpc) is 2.21. The van der Waals surface area contributed by atoms with Gasteiger partial charge in [0, 0.05) is 0 Å². The summed E-state index contributed by atoms with van der Waals surface area (Å²) in [5, 5.41) is 0. The van der Waals surface area contributed by atoms with E-state index in [1.807, 2.05) is 0 Å². The third kappa shape index (κ3) is 7.24. The molecule has 0 aliphatic carbocycles. The van der Waals surface area contributed by atoms with Crippen molar-refractivity contribution >= 4 is 15.8 Å². The number of hydrogen-bond acceptors (Lipinski definition) is 0. The predicted octanol–water partition coefficient (Wildman–Crippen LogP) is 5.59. The summed E-state index contributed by atoms with van der Waals surface area (Å²) < 4.78 is 0. The van der Waals surface area contributed by atoms with Gasteiger partial charge in [0.1, 0.15) is 0 Å². The van der Waals surface area contributed by atoms with Gasteiger partial charge in [0.25, 0.3) is 0 Å². The Hall–Kier alpha value is 0.860. The quantitative estimate of drug-likeness (QED) is 0.475. The molecule has 0 aliphatic rings. The van der Waals surface area contributed by atoms with Crippen LogP contribution in [0.4, 0.5) is 0 Å². The zero-order valence-corrected chi connectivity index (χ0v) is 14.1. The van der Waals surface area contributed by atoms with Crippen molar-refractivity contribution in [3.63, 3.8) is 0 Å². The number of rotatable bonds is 9. The summed E-state index contributed by atoms with van der Waals surface area (Å²) in [7, 11) is 0.657. The fourth-order valence-corrected chi connectivity index (χ4v) is 7.80. The van der Waals surface area contributed by atoms with Gasteiger partial charge in [0.2, 0.25) is 0 Å². The molecule has 0 saturated heterocycles. The zero-order valence-electron chi connectivity index (χ0n) is 12.3. The summed E-state index contributed by atoms with van der Waals surface area (Å²) in [5.41, 5.74) is 1.89. The molecule has 0 heterocycles. The Balaban J connectivity index is 4.04. The van der Waals surface area contributed by atoms with Gasteiger partial charge < -0.3 is 0 Å². The third-order valence-electron chi connectivity index (χ3n) is 3.16. The molecule has 0 radical (unpaired) electrons. The minimum absolute atomic E-state index is 0.328. The average molecular weight is 262 g/mol. The highest BCUT2D eigenvalue weighted by Gasteiger charge is 2.16. The smallest absolute Gasteiger partial charge is 0.0266 e. The van der Waals surface area contributed by atoms with Crippen LogP contribution in [0.2, 0.25) is 0 Å². The minimum atomic E-state index is 0.328. The van der Waals surface area contributed by atoms with Crippen molar-refractivity contribution < 1.29 is 0 Å². The molecule has 0 bridgehead atoms. The molecular formula is C14H32P2. The van der Waals surface area contributed by atoms with Gasteiger partial charge in [-0.3, -0.25) is 0 Å². The Morgan fingerprint density at radius 3 is 1.12 bits per heavy atom. The van der Waals surface area contributed by atoms with Gasteiger partial charge in [-0.05, 0) is 36.0 Å². The van der Waals surface area contributed by atoms with Gasteiger partial charge in [-0.15, -0.1) is 15.8 Å². The Labute approximate surface area is 106 Å². The van der Waals surface area contributed by atoms with Crippen LogP contribution in [0.1, 0.15) is 54.4 Å². The monoisotopic (exact) mass is 262 g/mol. The minimum Gasteiger partial charge on any atom is -0.104 e. The van der Waals surface area contributed by atoms with Crippen LogP contribution < -0.4 is 0 Å². The Kier molecular flexibility index (Phi) is 10.4. The summed E-state index contributed by atoms with van der Waals surface area (Å²) in [4.78, 5) is 0. The molecule has 0 amide bonds. The van der Waals surface area contributed by atoms with E-state index in [1.54, 1.807) is 12.3 Å². The maximum absolute atomic E-state index is 2.43. The van der Waals surface area contributed by atoms with E-state index in [9.17, 15) is 0 Å². The number of hydrogen-bond donors (Lipinski definition) is 0. The second-order valence-corrected chi connectivity index (χ2v) is 11.5. The molecule has 0 aromatic carbocycles. The van der Waals surface area contributed by atoms with Crippen molar-refractivity contribution in [3.05, 3.63) is 0 Å². The molecule has 2 heteroatoms. The Bertz CT molecular complexity index is 137. The second kappa shape index (κ2) is 9.85. The van der Waals surface area contributed by atoms with Crippen LogP contribution >= 0.6 is 15.8 Å². The van der Waals surface area contributed by atoms with Crippen molar-refractivity contribution in [2.45, 2.75) is 65.7 Å². The molecule has 0 spiro atoms. The Morgan fingerprint density at radius 2 is 0.938 bits per heavy atom. The zero-order chi connectivity index (χ0) is 12.6. The van der Waals surface area contributed by atoms with Crippen LogP contribution in [0.15, 0.2) is 0 Å². The van der Waals surface area contributed by atoms with Crippen molar-refractivity contribution in [2.24, 2.45) is 0 Å². The van der Waals surface area contributed by atoms with Crippen molar-refractivity contribution in [2.75, 3.05) is 24.6 Å². The lowest BCUT2D eigenvalue weighted by Crippen LogP contribution is -2.08. The van der Waals surface area contributed by atoms with Gasteiger partial charge in [0.05, 0.1) is 0 Å². The summed E-state index contributed by atoms with van der Waals surface area (Å²) >= 11 is 0. The second-order valence-electron chi connectivity index (χ2n) is 5.26. The van der Waals surface area contributed by atoms with Crippen LogP contribution in [0.5, 0.6) is 0 Å². The molecular weight excluding hydrogens is 230 g/mol. The van der Waals surface area contributed by atoms with Gasteiger partial charge in [0.15, 0.2) is 0 Å². The lowest BCUT2D eigenvalue weighted by atomic mass is 10.6. The molecule has 0 aromatic heterocycles. The van der Waals surface area contributed by atoms with Crippen LogP contribution in [0.3, 0.4) is 0 Å². The van der Waals surface area contributed by atoms with Crippen LogP contribution in [0.25, 0.3) is 0 Å². The molecule has 0 fully saturated rings. The van der Waals surface area contributed by atoms with E-state index in [2.05, 4.69) is 41.5 Å². The maximum Gasteiger partial charge on any atom is -0.0266 e. The largest absolute Gasteiger partial charge is 0.104 e. The van der Waals surface area contributed by atoms with Gasteiger partial charge in [-0.2, -0.15) is 0 Å². The van der Waals surface area contributed by atoms with Crippen molar-refractivity contribution in [1.29, 1.82) is 0 Å². The topological polar surface area (TPSA) is 0 Å². The fourth-order valence-electron chi connectivity index (χ4n) is 2.09. The summed E-state index contributed by atoms with van der Waals surface area (Å²) in [6.45, 7) is 14.4. The Morgan fingerprint density at radius 1 is 0.625 bits per heavy atom. The maximum atomic E-state index is 2.43. The first-order valence-electron chi connectivity index (χ1n) is 7.00. The summed E-state index contributed by atoms with van der Waals surface area (Å²) in [6.07, 6.45) is 8.87. The normalized spacial score (nSPS) is 15.8. The van der Waals surface area contributed by atoms with Crippen molar-refractivity contribution in [3.8, 4) is 0 Å². The lowest BCUT2D eigenvalue weighted by molar-refractivity contribution is 1.01. The van der Waals surface area contributed by atoms with E-state index < -0.39 is 0 Å². The first-order chi connectivity index (χ1) is 7.52. The fraction of sp³-hybridized carbons (Fsp3) is 1.00. The van der Waals surface area contributed by atoms with E-state index >= 15 is 0 Å². The molecule has 0 aliphatic heterocycles. The van der Waals surface area contributed by atoms with E-state index in [-0.39, 0.29) is 0 Å². The van der Waals surface area contributed by atoms with E-state index in [0.717, 1.165) is 11.3 Å². The van der Waals surface area contributed by atoms with Gasteiger partial charge in [-0.25, -0.2) is 0 Å². The van der Waals surface area contributed by atoms with E-state index in [0.29, 0.717) is 15.8 Å². The highest BCUT2D eigenvalue weighted by Crippen LogP contribution is 2.48. The molecule has 16 heavy (non-hydrogen) atoms. The molecule has 0 nitrogen and oxygen atoms in total. The molecule has 0 aromatic rings. The van der Waals surface area contributed by atoms with E-state index in [4.69, 9.17) is 0 Å². The predicted molar refractivity (Wildman–Crippen MR) is 84.2 cm³/mol. The molecule has 0 N–H and O–H groups in total. The van der Waals surface area contributed by atoms with Crippen molar-refractivity contribution in [1.82, 2.24) is 0 Å². The molecule has 2 atom stereocenters. The molecule has 2 unspecified atom stereocenters. The van der Waals surface area contributed by atoms with Crippen LogP contribution in [-0.2, 0) is 0 Å². The van der Waals surface area contributed by atoms with Gasteiger partial charge >= 0.3 is 0 Å². The molecule has 0 rings (SSSR count). The molecule has 98 valence electrons. The highest BCUT2D eigenvalue weighted by molar-refractivity contribution is 7.62. The highest BCUT2D eigenvalue weighted by atomic mass is 31.1. The van der Waals surface area contributed by atoms with Gasteiger partial charge in [-0.1, -0.05) is 54.4 Å². The summed E-state index contributed by atoms with van der Waals surface area (Å²) in [5.74, 6) is 0. The van der Waals surface area contributed by atoms with Crippen LogP contribution in [-0.4, -0.2) is 36.0 Å². The lowest BCUT2D eigenvalue weighted by Gasteiger charge is -2.26. The van der Waals surface area contributed by atoms with E-state index in [1.165, 1.54) is 25.2 Å². The SMILES string of the molecule is CCCP(CCP(CCC)C(C)C)C(C)C. The van der Waals surface area contributed by atoms with Crippen LogP contribution in [0, 0.1) is 0 Å². The third-order valence-corrected chi connectivity index (χ3v) is 10.1. The first-order valence-corrected chi connectivity index (χ1v) is 10.6. The first kappa shape index (κ1) is 16.9.